The summed E-state index contributed by atoms with van der Waals surface area (Å²) < 4.78 is 46.9. The highest BCUT2D eigenvalue weighted by molar-refractivity contribution is 5.99. The predicted octanol–water partition coefficient (Wildman–Crippen LogP) is 3.11. The maximum Gasteiger partial charge on any atom is 0.387 e. The highest BCUT2D eigenvalue weighted by Crippen LogP contribution is 2.29. The lowest BCUT2D eigenvalue weighted by atomic mass is 10.2. The summed E-state index contributed by atoms with van der Waals surface area (Å²) in [6, 6.07) is 7.53. The van der Waals surface area contributed by atoms with Crippen molar-refractivity contribution in [3.8, 4) is 11.5 Å². The van der Waals surface area contributed by atoms with Gasteiger partial charge in [0.05, 0.1) is 13.7 Å². The number of carbonyl (C=O) groups excluding carboxylic acids is 2. The minimum atomic E-state index is -3.03. The Morgan fingerprint density at radius 3 is 2.48 bits per heavy atom. The number of rotatable bonds is 7. The topological polar surface area (TPSA) is 76.7 Å². The van der Waals surface area contributed by atoms with Crippen LogP contribution in [0.5, 0.6) is 11.5 Å². The van der Waals surface area contributed by atoms with Crippen molar-refractivity contribution in [2.24, 2.45) is 0 Å². The molecule has 2 aromatic carbocycles. The highest BCUT2D eigenvalue weighted by Gasteiger charge is 2.15. The Bertz CT molecular complexity index is 843. The summed E-state index contributed by atoms with van der Waals surface area (Å²) in [5, 5.41) is 4.94. The molecule has 0 heterocycles. The number of hydrogen-bond donors (Lipinski definition) is 2. The molecule has 0 unspecified atom stereocenters. The van der Waals surface area contributed by atoms with Crippen molar-refractivity contribution in [2.45, 2.75) is 13.5 Å². The maximum absolute atomic E-state index is 13.1. The molecule has 0 saturated carbocycles. The summed E-state index contributed by atoms with van der Waals surface area (Å²) in [6.07, 6.45) is 0. The summed E-state index contributed by atoms with van der Waals surface area (Å²) >= 11 is 0. The quantitative estimate of drug-likeness (QED) is 0.772. The molecule has 0 fully saturated rings. The second-order valence-electron chi connectivity index (χ2n) is 5.43. The van der Waals surface area contributed by atoms with Crippen LogP contribution < -0.4 is 20.1 Å². The van der Waals surface area contributed by atoms with Crippen LogP contribution in [-0.2, 0) is 4.79 Å². The van der Waals surface area contributed by atoms with Gasteiger partial charge in [0.25, 0.3) is 5.91 Å². The fourth-order valence-electron chi connectivity index (χ4n) is 2.23. The number of aryl methyl sites for hydroxylation is 1. The van der Waals surface area contributed by atoms with Gasteiger partial charge in [-0.05, 0) is 48.9 Å². The molecular formula is C18H17F3N2O4. The fourth-order valence-corrected chi connectivity index (χ4v) is 2.23. The summed E-state index contributed by atoms with van der Waals surface area (Å²) in [6.45, 7) is -1.74. The second kappa shape index (κ2) is 8.93. The van der Waals surface area contributed by atoms with Crippen molar-refractivity contribution >= 4 is 17.5 Å². The molecule has 2 aromatic rings. The summed E-state index contributed by atoms with van der Waals surface area (Å²) in [4.78, 5) is 24.1. The highest BCUT2D eigenvalue weighted by atomic mass is 19.3. The SMILES string of the molecule is COc1cc(C(=O)NCC(=O)Nc2ccc(F)cc2C)ccc1OC(F)F. The van der Waals surface area contributed by atoms with Gasteiger partial charge in [-0.15, -0.1) is 0 Å². The van der Waals surface area contributed by atoms with E-state index in [2.05, 4.69) is 15.4 Å². The van der Waals surface area contributed by atoms with Gasteiger partial charge >= 0.3 is 6.61 Å². The van der Waals surface area contributed by atoms with E-state index in [1.807, 2.05) is 0 Å². The van der Waals surface area contributed by atoms with Crippen molar-refractivity contribution in [3.05, 3.63) is 53.3 Å². The first-order valence-corrected chi connectivity index (χ1v) is 7.77. The number of alkyl halides is 2. The van der Waals surface area contributed by atoms with Gasteiger partial charge in [-0.25, -0.2) is 4.39 Å². The van der Waals surface area contributed by atoms with Crippen molar-refractivity contribution in [1.82, 2.24) is 5.32 Å². The van der Waals surface area contributed by atoms with Crippen LogP contribution in [0.3, 0.4) is 0 Å². The largest absolute Gasteiger partial charge is 0.493 e. The number of nitrogens with one attached hydrogen (secondary N) is 2. The Balaban J connectivity index is 1.97. The summed E-state index contributed by atoms with van der Waals surface area (Å²) in [7, 11) is 1.24. The lowest BCUT2D eigenvalue weighted by molar-refractivity contribution is -0.115. The molecule has 2 amide bonds. The van der Waals surface area contributed by atoms with Crippen LogP contribution in [0.4, 0.5) is 18.9 Å². The van der Waals surface area contributed by atoms with Crippen molar-refractivity contribution in [1.29, 1.82) is 0 Å². The van der Waals surface area contributed by atoms with Crippen molar-refractivity contribution < 1.29 is 32.2 Å². The van der Waals surface area contributed by atoms with Crippen LogP contribution in [-0.4, -0.2) is 32.1 Å². The molecule has 0 aliphatic carbocycles. The van der Waals surface area contributed by atoms with Crippen LogP contribution in [0.2, 0.25) is 0 Å². The third kappa shape index (κ3) is 5.63. The number of hydrogen-bond acceptors (Lipinski definition) is 4. The van der Waals surface area contributed by atoms with E-state index in [0.717, 1.165) is 0 Å². The molecule has 2 N–H and O–H groups in total. The summed E-state index contributed by atoms with van der Waals surface area (Å²) in [5.74, 6) is -1.81. The van der Waals surface area contributed by atoms with Gasteiger partial charge in [-0.2, -0.15) is 8.78 Å². The first-order chi connectivity index (χ1) is 12.8. The van der Waals surface area contributed by atoms with E-state index in [1.54, 1.807) is 6.92 Å². The first kappa shape index (κ1) is 20.1. The minimum Gasteiger partial charge on any atom is -0.493 e. The number of carbonyl (C=O) groups is 2. The van der Waals surface area contributed by atoms with E-state index >= 15 is 0 Å². The molecule has 0 radical (unpaired) electrons. The molecule has 0 atom stereocenters. The average Bonchev–Trinajstić information content (AvgIpc) is 2.62. The maximum atomic E-state index is 13.1. The monoisotopic (exact) mass is 382 g/mol. The average molecular weight is 382 g/mol. The van der Waals surface area contributed by atoms with E-state index in [9.17, 15) is 22.8 Å². The Hall–Kier alpha value is -3.23. The number of methoxy groups -OCH3 is 1. The molecule has 2 rings (SSSR count). The Morgan fingerprint density at radius 2 is 1.85 bits per heavy atom. The molecule has 27 heavy (non-hydrogen) atoms. The lowest BCUT2D eigenvalue weighted by Gasteiger charge is -2.12. The molecule has 0 aliphatic heterocycles. The van der Waals surface area contributed by atoms with Crippen LogP contribution in [0.15, 0.2) is 36.4 Å². The van der Waals surface area contributed by atoms with E-state index in [0.29, 0.717) is 11.3 Å². The van der Waals surface area contributed by atoms with Gasteiger partial charge < -0.3 is 20.1 Å². The Morgan fingerprint density at radius 1 is 1.11 bits per heavy atom. The van der Waals surface area contributed by atoms with Crippen molar-refractivity contribution in [3.63, 3.8) is 0 Å². The zero-order valence-electron chi connectivity index (χ0n) is 14.5. The third-order valence-corrected chi connectivity index (χ3v) is 3.51. The normalized spacial score (nSPS) is 10.4. The molecule has 144 valence electrons. The van der Waals surface area contributed by atoms with E-state index < -0.39 is 24.2 Å². The smallest absolute Gasteiger partial charge is 0.387 e. The van der Waals surface area contributed by atoms with Crippen molar-refractivity contribution in [2.75, 3.05) is 19.0 Å². The molecule has 6 nitrogen and oxygen atoms in total. The fraction of sp³-hybridized carbons (Fsp3) is 0.222. The predicted molar refractivity (Wildman–Crippen MR) is 91.7 cm³/mol. The number of amides is 2. The van der Waals surface area contributed by atoms with Gasteiger partial charge in [0.1, 0.15) is 5.82 Å². The lowest BCUT2D eigenvalue weighted by Crippen LogP contribution is -2.33. The Labute approximate surface area is 153 Å². The first-order valence-electron chi connectivity index (χ1n) is 7.77. The minimum absolute atomic E-state index is 0.0469. The zero-order chi connectivity index (χ0) is 20.0. The molecule has 0 saturated heterocycles. The molecule has 0 bridgehead atoms. The Kier molecular flexibility index (Phi) is 6.64. The van der Waals surface area contributed by atoms with Gasteiger partial charge in [0, 0.05) is 11.3 Å². The molecular weight excluding hydrogens is 365 g/mol. The van der Waals surface area contributed by atoms with Crippen LogP contribution in [0, 0.1) is 12.7 Å². The standard InChI is InChI=1S/C18H17F3N2O4/c1-10-7-12(19)4-5-13(10)23-16(24)9-22-17(25)11-3-6-14(27-18(20)21)15(8-11)26-2/h3-8,18H,9H2,1-2H3,(H,22,25)(H,23,24). The number of benzene rings is 2. The molecule has 0 spiro atoms. The molecule has 9 heteroatoms. The van der Waals surface area contributed by atoms with Gasteiger partial charge in [0.2, 0.25) is 5.91 Å². The van der Waals surface area contributed by atoms with E-state index in [4.69, 9.17) is 4.74 Å². The van der Waals surface area contributed by atoms with Gasteiger partial charge in [-0.3, -0.25) is 9.59 Å². The molecule has 0 aromatic heterocycles. The summed E-state index contributed by atoms with van der Waals surface area (Å²) in [5.41, 5.74) is 1.05. The van der Waals surface area contributed by atoms with Crippen LogP contribution in [0.1, 0.15) is 15.9 Å². The number of anilines is 1. The molecule has 0 aliphatic rings. The number of halogens is 3. The van der Waals surface area contributed by atoms with Gasteiger partial charge in [0.15, 0.2) is 11.5 Å². The van der Waals surface area contributed by atoms with Crippen LogP contribution >= 0.6 is 0 Å². The van der Waals surface area contributed by atoms with E-state index in [1.165, 1.54) is 43.5 Å². The third-order valence-electron chi connectivity index (χ3n) is 3.51. The van der Waals surface area contributed by atoms with Crippen LogP contribution in [0.25, 0.3) is 0 Å². The zero-order valence-corrected chi connectivity index (χ0v) is 14.5. The number of ether oxygens (including phenoxy) is 2. The second-order valence-corrected chi connectivity index (χ2v) is 5.43. The van der Waals surface area contributed by atoms with Gasteiger partial charge in [-0.1, -0.05) is 0 Å². The van der Waals surface area contributed by atoms with E-state index in [-0.39, 0.29) is 23.6 Å².